The molecule has 0 bridgehead atoms. The lowest BCUT2D eigenvalue weighted by Crippen LogP contribution is -2.34. The molecule has 0 heterocycles. The molecule has 19 heavy (non-hydrogen) atoms. The molecule has 0 saturated heterocycles. The highest BCUT2D eigenvalue weighted by molar-refractivity contribution is 14.1. The average molecular weight is 365 g/mol. The van der Waals surface area contributed by atoms with Gasteiger partial charge >= 0.3 is 5.71 Å². The molecule has 0 fully saturated rings. The van der Waals surface area contributed by atoms with Crippen LogP contribution in [-0.4, -0.2) is 28.5 Å². The van der Waals surface area contributed by atoms with Crippen molar-refractivity contribution in [3.05, 3.63) is 63.2 Å². The van der Waals surface area contributed by atoms with Crippen LogP contribution in [0.5, 0.6) is 0 Å². The van der Waals surface area contributed by atoms with Gasteiger partial charge in [-0.25, -0.2) is 0 Å². The Morgan fingerprint density at radius 2 is 2.00 bits per heavy atom. The fraction of sp³-hybridized carbons (Fsp3) is 0.267. The third-order valence-corrected chi connectivity index (χ3v) is 4.41. The third-order valence-electron chi connectivity index (χ3n) is 3.46. The van der Waals surface area contributed by atoms with Crippen LogP contribution in [0.15, 0.2) is 52.1 Å². The lowest BCUT2D eigenvalue weighted by atomic mass is 10.0. The van der Waals surface area contributed by atoms with Gasteiger partial charge in [0.1, 0.15) is 0 Å². The molecule has 0 radical (unpaired) electrons. The highest BCUT2D eigenvalue weighted by Gasteiger charge is 2.24. The maximum Gasteiger partial charge on any atom is 0.315 e. The van der Waals surface area contributed by atoms with E-state index in [1.807, 2.05) is 18.2 Å². The number of benzene rings is 1. The van der Waals surface area contributed by atoms with Crippen LogP contribution in [0.4, 0.5) is 0 Å². The van der Waals surface area contributed by atoms with Crippen molar-refractivity contribution in [3.63, 3.8) is 0 Å². The Bertz CT molecular complexity index is 556. The monoisotopic (exact) mass is 365 g/mol. The van der Waals surface area contributed by atoms with Crippen LogP contribution in [0.2, 0.25) is 0 Å². The van der Waals surface area contributed by atoms with Crippen molar-refractivity contribution >= 4 is 28.3 Å². The Hall–Kier alpha value is -1.23. The Kier molecular flexibility index (Phi) is 4.69. The summed E-state index contributed by atoms with van der Waals surface area (Å²) < 4.78 is 1.15. The molecule has 1 aromatic carbocycles. The number of halogens is 1. The largest absolute Gasteiger partial charge is 0.361 e. The van der Waals surface area contributed by atoms with Crippen molar-refractivity contribution in [2.75, 3.05) is 7.05 Å². The Morgan fingerprint density at radius 1 is 1.32 bits per heavy atom. The van der Waals surface area contributed by atoms with Crippen LogP contribution in [0.25, 0.3) is 5.53 Å². The van der Waals surface area contributed by atoms with Gasteiger partial charge in [-0.15, -0.1) is 0 Å². The predicted octanol–water partition coefficient (Wildman–Crippen LogP) is 3.61. The second kappa shape index (κ2) is 6.28. The van der Waals surface area contributed by atoms with Crippen LogP contribution >= 0.6 is 22.6 Å². The van der Waals surface area contributed by atoms with Crippen LogP contribution in [-0.2, 0) is 0 Å². The molecule has 0 amide bonds. The maximum atomic E-state index is 8.80. The van der Waals surface area contributed by atoms with Crippen molar-refractivity contribution < 1.29 is 4.79 Å². The standard InChI is InChI=1S/C15H16IN3/c1-11(12-6-4-3-5-7-12)19(2)15-9-8-13(18-17)10-14(15)16/h3-11,15H,1-2H3. The van der Waals surface area contributed by atoms with Gasteiger partial charge in [0.15, 0.2) is 0 Å². The summed E-state index contributed by atoms with van der Waals surface area (Å²) in [5.74, 6) is 0. The number of likely N-dealkylation sites (N-methyl/N-ethyl adjacent to an activating group) is 1. The summed E-state index contributed by atoms with van der Waals surface area (Å²) in [4.78, 5) is 5.53. The molecular formula is C15H16IN3. The van der Waals surface area contributed by atoms with Gasteiger partial charge in [0.05, 0.1) is 6.04 Å². The summed E-state index contributed by atoms with van der Waals surface area (Å²) in [7, 11) is 2.11. The molecule has 2 atom stereocenters. The molecule has 2 unspecified atom stereocenters. The van der Waals surface area contributed by atoms with Crippen molar-refractivity contribution in [1.82, 2.24) is 4.90 Å². The van der Waals surface area contributed by atoms with E-state index >= 15 is 0 Å². The second-order valence-electron chi connectivity index (χ2n) is 4.61. The summed E-state index contributed by atoms with van der Waals surface area (Å²) in [5, 5.41) is 0. The number of rotatable bonds is 3. The van der Waals surface area contributed by atoms with E-state index in [9.17, 15) is 0 Å². The van der Waals surface area contributed by atoms with Gasteiger partial charge in [-0.2, -0.15) is 4.79 Å². The molecule has 1 aromatic rings. The van der Waals surface area contributed by atoms with Crippen molar-refractivity contribution in [1.29, 1.82) is 0 Å². The fourth-order valence-corrected chi connectivity index (χ4v) is 3.12. The minimum absolute atomic E-state index is 0.223. The number of hydrogen-bond acceptors (Lipinski definition) is 1. The number of allylic oxidation sites excluding steroid dienone is 2. The Balaban J connectivity index is 2.19. The SMILES string of the molecule is CC(c1ccccc1)N(C)C1C=CC(=[N+]=[N-])C=C1I. The summed E-state index contributed by atoms with van der Waals surface area (Å²) in [5.41, 5.74) is 10.7. The van der Waals surface area contributed by atoms with Crippen molar-refractivity contribution in [3.8, 4) is 0 Å². The quantitative estimate of drug-likeness (QED) is 0.458. The van der Waals surface area contributed by atoms with Crippen LogP contribution in [0.1, 0.15) is 18.5 Å². The molecule has 1 aliphatic rings. The maximum absolute atomic E-state index is 8.80. The molecule has 2 rings (SSSR count). The van der Waals surface area contributed by atoms with Gasteiger partial charge < -0.3 is 5.53 Å². The highest BCUT2D eigenvalue weighted by atomic mass is 127. The fourth-order valence-electron chi connectivity index (χ4n) is 2.16. The number of nitrogens with zero attached hydrogens (tertiary/aromatic N) is 3. The van der Waals surface area contributed by atoms with E-state index in [1.165, 1.54) is 5.56 Å². The third kappa shape index (κ3) is 3.21. The Labute approximate surface area is 127 Å². The number of hydrogen-bond donors (Lipinski definition) is 0. The van der Waals surface area contributed by atoms with Gasteiger partial charge in [0.25, 0.3) is 0 Å². The summed E-state index contributed by atoms with van der Waals surface area (Å²) in [6.07, 6.45) is 5.82. The van der Waals surface area contributed by atoms with Gasteiger partial charge in [-0.3, -0.25) is 4.90 Å². The zero-order valence-electron chi connectivity index (χ0n) is 11.0. The lowest BCUT2D eigenvalue weighted by Gasteiger charge is -2.32. The van der Waals surface area contributed by atoms with Crippen LogP contribution in [0.3, 0.4) is 0 Å². The second-order valence-corrected chi connectivity index (χ2v) is 5.86. The smallest absolute Gasteiger partial charge is 0.315 e. The zero-order chi connectivity index (χ0) is 13.8. The molecule has 0 saturated carbocycles. The first kappa shape index (κ1) is 14.2. The summed E-state index contributed by atoms with van der Waals surface area (Å²) in [6.45, 7) is 2.20. The molecular weight excluding hydrogens is 349 g/mol. The minimum Gasteiger partial charge on any atom is -0.361 e. The van der Waals surface area contributed by atoms with E-state index in [0.29, 0.717) is 11.8 Å². The normalized spacial score (nSPS) is 20.1. The van der Waals surface area contributed by atoms with Gasteiger partial charge in [-0.1, -0.05) is 36.4 Å². The van der Waals surface area contributed by atoms with Gasteiger partial charge in [0, 0.05) is 21.8 Å². The lowest BCUT2D eigenvalue weighted by molar-refractivity contribution is -0.00176. The topological polar surface area (TPSA) is 39.6 Å². The molecule has 4 heteroatoms. The van der Waals surface area contributed by atoms with Crippen LogP contribution in [0, 0.1) is 0 Å². The van der Waals surface area contributed by atoms with E-state index in [2.05, 4.69) is 76.6 Å². The van der Waals surface area contributed by atoms with Gasteiger partial charge in [0.2, 0.25) is 0 Å². The van der Waals surface area contributed by atoms with Crippen molar-refractivity contribution in [2.24, 2.45) is 0 Å². The summed E-state index contributed by atoms with van der Waals surface area (Å²) in [6, 6.07) is 11.0. The molecule has 0 spiro atoms. The first-order valence-corrected chi connectivity index (χ1v) is 7.25. The first-order chi connectivity index (χ1) is 9.13. The zero-order valence-corrected chi connectivity index (χ0v) is 13.2. The molecule has 1 aliphatic carbocycles. The van der Waals surface area contributed by atoms with Gasteiger partial charge in [-0.05, 0) is 42.1 Å². The van der Waals surface area contributed by atoms with E-state index < -0.39 is 0 Å². The summed E-state index contributed by atoms with van der Waals surface area (Å²) >= 11 is 2.30. The van der Waals surface area contributed by atoms with E-state index in [0.717, 1.165) is 3.58 Å². The van der Waals surface area contributed by atoms with E-state index in [-0.39, 0.29) is 6.04 Å². The van der Waals surface area contributed by atoms with E-state index in [1.54, 1.807) is 0 Å². The minimum atomic E-state index is 0.223. The van der Waals surface area contributed by atoms with Crippen molar-refractivity contribution in [2.45, 2.75) is 19.0 Å². The molecule has 98 valence electrons. The Morgan fingerprint density at radius 3 is 2.58 bits per heavy atom. The van der Waals surface area contributed by atoms with E-state index in [4.69, 9.17) is 5.53 Å². The average Bonchev–Trinajstić information content (AvgIpc) is 2.46. The molecule has 0 aliphatic heterocycles. The first-order valence-electron chi connectivity index (χ1n) is 6.17. The molecule has 0 N–H and O–H groups in total. The predicted molar refractivity (Wildman–Crippen MR) is 86.3 cm³/mol. The molecule has 3 nitrogen and oxygen atoms in total. The molecule has 0 aromatic heterocycles. The van der Waals surface area contributed by atoms with Crippen LogP contribution < -0.4 is 0 Å². The highest BCUT2D eigenvalue weighted by Crippen LogP contribution is 2.28.